The molecule has 1 aromatic carbocycles. The summed E-state index contributed by atoms with van der Waals surface area (Å²) in [6, 6.07) is 10.8. The van der Waals surface area contributed by atoms with Gasteiger partial charge in [0.25, 0.3) is 0 Å². The molecule has 0 bridgehead atoms. The molecule has 1 unspecified atom stereocenters. The number of morpholine rings is 1. The summed E-state index contributed by atoms with van der Waals surface area (Å²) in [6.07, 6.45) is 2.31. The number of aromatic amines is 1. The highest BCUT2D eigenvalue weighted by molar-refractivity contribution is 5.60. The van der Waals surface area contributed by atoms with E-state index in [1.807, 2.05) is 0 Å². The van der Waals surface area contributed by atoms with Gasteiger partial charge in [-0.1, -0.05) is 24.3 Å². The van der Waals surface area contributed by atoms with Gasteiger partial charge in [-0.15, -0.1) is 0 Å². The number of aromatic nitrogens is 2. The van der Waals surface area contributed by atoms with E-state index in [0.29, 0.717) is 5.92 Å². The van der Waals surface area contributed by atoms with Crippen molar-refractivity contribution in [2.45, 2.75) is 24.9 Å². The van der Waals surface area contributed by atoms with Crippen molar-refractivity contribution in [3.63, 3.8) is 0 Å². The Kier molecular flexibility index (Phi) is 4.41. The second-order valence-electron chi connectivity index (χ2n) is 6.28. The fourth-order valence-electron chi connectivity index (χ4n) is 3.35. The summed E-state index contributed by atoms with van der Waals surface area (Å²) in [5.41, 5.74) is 4.61. The second-order valence-corrected chi connectivity index (χ2v) is 6.28. The Morgan fingerprint density at radius 1 is 1.04 bits per heavy atom. The standard InChI is InChI=1S/C18H23N3O2/c1-3-15(18-12-19-7-10-23-18)4-2-13(1)16-11-17(21-20-16)14-5-8-22-9-6-14/h1-4,11,14,18-19H,5-10,12H2,(H,20,21). The maximum atomic E-state index is 5.80. The zero-order valence-corrected chi connectivity index (χ0v) is 13.3. The molecule has 2 aromatic rings. The van der Waals surface area contributed by atoms with Crippen LogP contribution < -0.4 is 5.32 Å². The largest absolute Gasteiger partial charge is 0.381 e. The molecule has 0 radical (unpaired) electrons. The van der Waals surface area contributed by atoms with E-state index in [4.69, 9.17) is 9.47 Å². The Labute approximate surface area is 136 Å². The van der Waals surface area contributed by atoms with Crippen molar-refractivity contribution in [1.82, 2.24) is 15.5 Å². The number of nitrogens with zero attached hydrogens (tertiary/aromatic N) is 1. The van der Waals surface area contributed by atoms with E-state index in [0.717, 1.165) is 57.0 Å². The highest BCUT2D eigenvalue weighted by Crippen LogP contribution is 2.29. The van der Waals surface area contributed by atoms with Crippen molar-refractivity contribution in [2.75, 3.05) is 32.9 Å². The lowest BCUT2D eigenvalue weighted by Crippen LogP contribution is -2.33. The third-order valence-electron chi connectivity index (χ3n) is 4.76. The lowest BCUT2D eigenvalue weighted by atomic mass is 9.96. The van der Waals surface area contributed by atoms with Crippen molar-refractivity contribution >= 4 is 0 Å². The summed E-state index contributed by atoms with van der Waals surface area (Å²) in [5.74, 6) is 0.547. The number of hydrogen-bond donors (Lipinski definition) is 2. The third-order valence-corrected chi connectivity index (χ3v) is 4.76. The number of rotatable bonds is 3. The molecule has 2 fully saturated rings. The summed E-state index contributed by atoms with van der Waals surface area (Å²) in [6.45, 7) is 4.30. The molecule has 1 aromatic heterocycles. The minimum atomic E-state index is 0.162. The molecular formula is C18H23N3O2. The van der Waals surface area contributed by atoms with Gasteiger partial charge in [0.1, 0.15) is 0 Å². The molecule has 0 saturated carbocycles. The molecule has 0 spiro atoms. The van der Waals surface area contributed by atoms with Crippen molar-refractivity contribution in [2.24, 2.45) is 0 Å². The Hall–Kier alpha value is -1.69. The molecular weight excluding hydrogens is 290 g/mol. The first-order chi connectivity index (χ1) is 11.4. The Morgan fingerprint density at radius 3 is 2.61 bits per heavy atom. The van der Waals surface area contributed by atoms with Gasteiger partial charge in [-0.3, -0.25) is 5.10 Å². The van der Waals surface area contributed by atoms with Gasteiger partial charge >= 0.3 is 0 Å². The number of H-pyrrole nitrogens is 1. The highest BCUT2D eigenvalue weighted by atomic mass is 16.5. The van der Waals surface area contributed by atoms with Crippen LogP contribution in [0.5, 0.6) is 0 Å². The van der Waals surface area contributed by atoms with E-state index < -0.39 is 0 Å². The van der Waals surface area contributed by atoms with Crippen molar-refractivity contribution in [1.29, 1.82) is 0 Å². The van der Waals surface area contributed by atoms with Crippen LogP contribution in [0.1, 0.15) is 36.1 Å². The number of ether oxygens (including phenoxy) is 2. The van der Waals surface area contributed by atoms with E-state index in [-0.39, 0.29) is 6.10 Å². The van der Waals surface area contributed by atoms with Gasteiger partial charge < -0.3 is 14.8 Å². The van der Waals surface area contributed by atoms with Gasteiger partial charge in [0.2, 0.25) is 0 Å². The van der Waals surface area contributed by atoms with Crippen molar-refractivity contribution in [3.05, 3.63) is 41.6 Å². The zero-order chi connectivity index (χ0) is 15.5. The fraction of sp³-hybridized carbons (Fsp3) is 0.500. The predicted molar refractivity (Wildman–Crippen MR) is 88.4 cm³/mol. The molecule has 5 heteroatoms. The Bertz CT molecular complexity index is 626. The third kappa shape index (κ3) is 3.32. The average molecular weight is 313 g/mol. The van der Waals surface area contributed by atoms with E-state index in [2.05, 4.69) is 45.8 Å². The van der Waals surface area contributed by atoms with Crippen molar-refractivity contribution < 1.29 is 9.47 Å². The minimum absolute atomic E-state index is 0.162. The molecule has 3 heterocycles. The summed E-state index contributed by atoms with van der Waals surface area (Å²) < 4.78 is 11.2. The van der Waals surface area contributed by atoms with Gasteiger partial charge in [-0.2, -0.15) is 5.10 Å². The minimum Gasteiger partial charge on any atom is -0.381 e. The van der Waals surface area contributed by atoms with Crippen LogP contribution in [0.15, 0.2) is 30.3 Å². The molecule has 122 valence electrons. The van der Waals surface area contributed by atoms with Crippen LogP contribution in [0.3, 0.4) is 0 Å². The molecule has 0 aliphatic carbocycles. The van der Waals surface area contributed by atoms with Gasteiger partial charge in [0.05, 0.1) is 18.4 Å². The van der Waals surface area contributed by atoms with Gasteiger partial charge in [-0.05, 0) is 24.5 Å². The smallest absolute Gasteiger partial charge is 0.0949 e. The average Bonchev–Trinajstić information content (AvgIpc) is 3.14. The first-order valence-electron chi connectivity index (χ1n) is 8.46. The topological polar surface area (TPSA) is 59.2 Å². The maximum Gasteiger partial charge on any atom is 0.0949 e. The zero-order valence-electron chi connectivity index (χ0n) is 13.3. The fourth-order valence-corrected chi connectivity index (χ4v) is 3.35. The van der Waals surface area contributed by atoms with Gasteiger partial charge in [-0.25, -0.2) is 0 Å². The predicted octanol–water partition coefficient (Wildman–Crippen LogP) is 2.63. The van der Waals surface area contributed by atoms with Crippen molar-refractivity contribution in [3.8, 4) is 11.3 Å². The van der Waals surface area contributed by atoms with E-state index in [9.17, 15) is 0 Å². The lowest BCUT2D eigenvalue weighted by Gasteiger charge is -2.24. The normalized spacial score (nSPS) is 23.0. The van der Waals surface area contributed by atoms with Crippen LogP contribution in [0, 0.1) is 0 Å². The summed E-state index contributed by atoms with van der Waals surface area (Å²) >= 11 is 0. The number of nitrogens with one attached hydrogen (secondary N) is 2. The summed E-state index contributed by atoms with van der Waals surface area (Å²) in [4.78, 5) is 0. The highest BCUT2D eigenvalue weighted by Gasteiger charge is 2.19. The van der Waals surface area contributed by atoms with E-state index in [1.54, 1.807) is 0 Å². The van der Waals surface area contributed by atoms with Crippen LogP contribution in [0.4, 0.5) is 0 Å². The molecule has 2 N–H and O–H groups in total. The quantitative estimate of drug-likeness (QED) is 0.914. The van der Waals surface area contributed by atoms with Crippen LogP contribution in [-0.4, -0.2) is 43.1 Å². The molecule has 2 saturated heterocycles. The van der Waals surface area contributed by atoms with Gasteiger partial charge in [0.15, 0.2) is 0 Å². The first-order valence-corrected chi connectivity index (χ1v) is 8.46. The van der Waals surface area contributed by atoms with Gasteiger partial charge in [0, 0.05) is 43.5 Å². The molecule has 0 amide bonds. The molecule has 1 atom stereocenters. The molecule has 5 nitrogen and oxygen atoms in total. The first kappa shape index (κ1) is 14.9. The Balaban J connectivity index is 1.48. The monoisotopic (exact) mass is 313 g/mol. The number of hydrogen-bond acceptors (Lipinski definition) is 4. The van der Waals surface area contributed by atoms with Crippen LogP contribution in [0.25, 0.3) is 11.3 Å². The van der Waals surface area contributed by atoms with Crippen LogP contribution in [-0.2, 0) is 9.47 Å². The maximum absolute atomic E-state index is 5.80. The van der Waals surface area contributed by atoms with Crippen LogP contribution in [0.2, 0.25) is 0 Å². The SMILES string of the molecule is c1cc(C2CNCCO2)ccc1-c1cc(C2CCOCC2)[nH]n1. The molecule has 23 heavy (non-hydrogen) atoms. The van der Waals surface area contributed by atoms with E-state index in [1.165, 1.54) is 11.3 Å². The second kappa shape index (κ2) is 6.83. The van der Waals surface area contributed by atoms with E-state index >= 15 is 0 Å². The molecule has 2 aliphatic rings. The molecule has 4 rings (SSSR count). The Morgan fingerprint density at radius 2 is 1.87 bits per heavy atom. The summed E-state index contributed by atoms with van der Waals surface area (Å²) in [5, 5.41) is 11.1. The molecule has 2 aliphatic heterocycles. The number of benzene rings is 1. The summed E-state index contributed by atoms with van der Waals surface area (Å²) in [7, 11) is 0. The van der Waals surface area contributed by atoms with Crippen LogP contribution >= 0.6 is 0 Å². The lowest BCUT2D eigenvalue weighted by molar-refractivity contribution is 0.0277.